The Morgan fingerprint density at radius 2 is 1.68 bits per heavy atom. The van der Waals surface area contributed by atoms with Gasteiger partial charge in [-0.3, -0.25) is 4.79 Å². The highest BCUT2D eigenvalue weighted by atomic mass is 16.5. The third kappa shape index (κ3) is 4.99. The second-order valence-corrected chi connectivity index (χ2v) is 5.98. The molecule has 0 bridgehead atoms. The molecule has 0 aromatic heterocycles. The number of hydrogen-bond acceptors (Lipinski definition) is 4. The molecule has 5 nitrogen and oxygen atoms in total. The maximum atomic E-state index is 12.4. The lowest BCUT2D eigenvalue weighted by atomic mass is 10.1. The molecule has 0 radical (unpaired) electrons. The third-order valence-electron chi connectivity index (χ3n) is 3.95. The zero-order valence-corrected chi connectivity index (χ0v) is 15.0. The first-order chi connectivity index (χ1) is 13.7. The Bertz CT molecular complexity index is 1020. The van der Waals surface area contributed by atoms with E-state index in [0.29, 0.717) is 23.6 Å². The quantitative estimate of drug-likeness (QED) is 0.380. The number of nitrogens with one attached hydrogen (secondary N) is 1. The highest BCUT2D eigenvalue weighted by Gasteiger charge is 2.11. The minimum absolute atomic E-state index is 0.0520. The van der Waals surface area contributed by atoms with Crippen molar-refractivity contribution in [2.24, 2.45) is 0 Å². The summed E-state index contributed by atoms with van der Waals surface area (Å²) in [5, 5.41) is 21.4. The van der Waals surface area contributed by atoms with Crippen molar-refractivity contribution in [1.29, 1.82) is 5.26 Å². The number of carbonyl (C=O) groups is 1. The van der Waals surface area contributed by atoms with Crippen molar-refractivity contribution < 1.29 is 14.6 Å². The monoisotopic (exact) mass is 370 g/mol. The largest absolute Gasteiger partial charge is 0.508 e. The van der Waals surface area contributed by atoms with Gasteiger partial charge in [0.25, 0.3) is 5.91 Å². The summed E-state index contributed by atoms with van der Waals surface area (Å²) in [6.45, 7) is 0.382. The molecule has 1 amide bonds. The molecule has 0 unspecified atom stereocenters. The first kappa shape index (κ1) is 18.7. The number of rotatable bonds is 6. The molecule has 0 spiro atoms. The summed E-state index contributed by atoms with van der Waals surface area (Å²) in [7, 11) is 0. The number of phenolic OH excluding ortho intramolecular Hbond substituents is 1. The van der Waals surface area contributed by atoms with E-state index >= 15 is 0 Å². The lowest BCUT2D eigenvalue weighted by Crippen LogP contribution is -2.13. The second-order valence-electron chi connectivity index (χ2n) is 5.98. The predicted octanol–water partition coefficient (Wildman–Crippen LogP) is 4.52. The van der Waals surface area contributed by atoms with Gasteiger partial charge in [0, 0.05) is 11.3 Å². The van der Waals surface area contributed by atoms with Crippen LogP contribution in [0.4, 0.5) is 5.69 Å². The molecule has 28 heavy (non-hydrogen) atoms. The normalized spacial score (nSPS) is 10.8. The molecule has 3 aromatic rings. The SMILES string of the molecule is N#C/C(=C\c1ccccc1OCc1ccccc1)C(=O)Nc1ccc(O)cc1. The summed E-state index contributed by atoms with van der Waals surface area (Å²) < 4.78 is 5.87. The maximum Gasteiger partial charge on any atom is 0.266 e. The molecule has 2 N–H and O–H groups in total. The number of nitriles is 1. The van der Waals surface area contributed by atoms with Crippen molar-refractivity contribution in [2.75, 3.05) is 5.32 Å². The van der Waals surface area contributed by atoms with Crippen LogP contribution in [-0.2, 0) is 11.4 Å². The highest BCUT2D eigenvalue weighted by Crippen LogP contribution is 2.23. The van der Waals surface area contributed by atoms with E-state index in [1.54, 1.807) is 24.3 Å². The van der Waals surface area contributed by atoms with Crippen LogP contribution in [0, 0.1) is 11.3 Å². The van der Waals surface area contributed by atoms with Crippen molar-refractivity contribution in [1.82, 2.24) is 0 Å². The van der Waals surface area contributed by atoms with Crippen LogP contribution in [0.3, 0.4) is 0 Å². The van der Waals surface area contributed by atoms with Crippen LogP contribution in [0.25, 0.3) is 6.08 Å². The Labute approximate surface area is 163 Å². The molecule has 0 aliphatic heterocycles. The van der Waals surface area contributed by atoms with Gasteiger partial charge in [-0.2, -0.15) is 5.26 Å². The van der Waals surface area contributed by atoms with Crippen LogP contribution in [0.1, 0.15) is 11.1 Å². The number of ether oxygens (including phenoxy) is 1. The lowest BCUT2D eigenvalue weighted by Gasteiger charge is -2.10. The summed E-state index contributed by atoms with van der Waals surface area (Å²) in [6, 6.07) is 24.9. The Morgan fingerprint density at radius 1 is 1.00 bits per heavy atom. The number of para-hydroxylation sites is 1. The Kier molecular flexibility index (Phi) is 6.06. The standard InChI is InChI=1S/C23H18N2O3/c24-15-19(23(27)25-20-10-12-21(26)13-11-20)14-18-8-4-5-9-22(18)28-16-17-6-2-1-3-7-17/h1-14,26H,16H2,(H,25,27)/b19-14+. The van der Waals surface area contributed by atoms with Gasteiger partial charge in [-0.15, -0.1) is 0 Å². The molecule has 0 fully saturated rings. The van der Waals surface area contributed by atoms with E-state index in [-0.39, 0.29) is 11.3 Å². The van der Waals surface area contributed by atoms with Gasteiger partial charge in [-0.1, -0.05) is 48.5 Å². The van der Waals surface area contributed by atoms with Crippen LogP contribution < -0.4 is 10.1 Å². The van der Waals surface area contributed by atoms with E-state index in [9.17, 15) is 15.2 Å². The van der Waals surface area contributed by atoms with Gasteiger partial charge < -0.3 is 15.2 Å². The average Bonchev–Trinajstić information content (AvgIpc) is 2.73. The van der Waals surface area contributed by atoms with Gasteiger partial charge in [0.2, 0.25) is 0 Å². The van der Waals surface area contributed by atoms with Gasteiger partial charge in [-0.25, -0.2) is 0 Å². The summed E-state index contributed by atoms with van der Waals surface area (Å²) >= 11 is 0. The summed E-state index contributed by atoms with van der Waals surface area (Å²) in [4.78, 5) is 12.4. The number of amides is 1. The predicted molar refractivity (Wildman–Crippen MR) is 108 cm³/mol. The zero-order valence-electron chi connectivity index (χ0n) is 15.0. The molecule has 3 rings (SSSR count). The average molecular weight is 370 g/mol. The number of nitrogens with zero attached hydrogens (tertiary/aromatic N) is 1. The third-order valence-corrected chi connectivity index (χ3v) is 3.95. The molecule has 0 saturated heterocycles. The van der Waals surface area contributed by atoms with E-state index < -0.39 is 5.91 Å². The number of carbonyl (C=O) groups excluding carboxylic acids is 1. The molecule has 138 valence electrons. The van der Waals surface area contributed by atoms with Crippen molar-refractivity contribution in [3.63, 3.8) is 0 Å². The fourth-order valence-electron chi connectivity index (χ4n) is 2.51. The van der Waals surface area contributed by atoms with Gasteiger partial charge in [-0.05, 0) is 42.0 Å². The molecule has 0 aliphatic rings. The molecule has 0 saturated carbocycles. The molecule has 3 aromatic carbocycles. The summed E-state index contributed by atoms with van der Waals surface area (Å²) in [5.41, 5.74) is 2.09. The van der Waals surface area contributed by atoms with Crippen molar-refractivity contribution in [3.8, 4) is 17.6 Å². The number of phenols is 1. The van der Waals surface area contributed by atoms with Crippen molar-refractivity contribution >= 4 is 17.7 Å². The molecular weight excluding hydrogens is 352 g/mol. The molecular formula is C23H18N2O3. The van der Waals surface area contributed by atoms with Crippen LogP contribution in [0.2, 0.25) is 0 Å². The van der Waals surface area contributed by atoms with Gasteiger partial charge in [0.15, 0.2) is 0 Å². The zero-order chi connectivity index (χ0) is 19.8. The fourth-order valence-corrected chi connectivity index (χ4v) is 2.51. The topological polar surface area (TPSA) is 82.3 Å². The first-order valence-corrected chi connectivity index (χ1v) is 8.63. The smallest absolute Gasteiger partial charge is 0.266 e. The van der Waals surface area contributed by atoms with E-state index in [0.717, 1.165) is 5.56 Å². The lowest BCUT2D eigenvalue weighted by molar-refractivity contribution is -0.112. The minimum atomic E-state index is -0.536. The highest BCUT2D eigenvalue weighted by molar-refractivity contribution is 6.09. The number of benzene rings is 3. The summed E-state index contributed by atoms with van der Waals surface area (Å²) in [6.07, 6.45) is 1.50. The molecule has 0 atom stereocenters. The van der Waals surface area contributed by atoms with E-state index in [4.69, 9.17) is 4.74 Å². The Hall–Kier alpha value is -4.04. The Morgan fingerprint density at radius 3 is 2.39 bits per heavy atom. The van der Waals surface area contributed by atoms with Gasteiger partial charge >= 0.3 is 0 Å². The number of hydrogen-bond donors (Lipinski definition) is 2. The van der Waals surface area contributed by atoms with E-state index in [1.807, 2.05) is 48.5 Å². The van der Waals surface area contributed by atoms with Gasteiger partial charge in [0.05, 0.1) is 0 Å². The van der Waals surface area contributed by atoms with E-state index in [2.05, 4.69) is 5.32 Å². The van der Waals surface area contributed by atoms with Crippen LogP contribution in [0.15, 0.2) is 84.4 Å². The molecule has 5 heteroatoms. The summed E-state index contributed by atoms with van der Waals surface area (Å²) in [5.74, 6) is 0.140. The van der Waals surface area contributed by atoms with E-state index in [1.165, 1.54) is 18.2 Å². The Balaban J connectivity index is 1.77. The first-order valence-electron chi connectivity index (χ1n) is 8.63. The fraction of sp³-hybridized carbons (Fsp3) is 0.0435. The maximum absolute atomic E-state index is 12.4. The van der Waals surface area contributed by atoms with Gasteiger partial charge in [0.1, 0.15) is 29.7 Å². The molecule has 0 heterocycles. The van der Waals surface area contributed by atoms with Crippen LogP contribution in [-0.4, -0.2) is 11.0 Å². The molecule has 0 aliphatic carbocycles. The number of anilines is 1. The van der Waals surface area contributed by atoms with Crippen LogP contribution >= 0.6 is 0 Å². The second kappa shape index (κ2) is 9.06. The van der Waals surface area contributed by atoms with Crippen LogP contribution in [0.5, 0.6) is 11.5 Å². The number of aromatic hydroxyl groups is 1. The van der Waals surface area contributed by atoms with Crippen molar-refractivity contribution in [3.05, 3.63) is 95.6 Å². The van der Waals surface area contributed by atoms with Crippen molar-refractivity contribution in [2.45, 2.75) is 6.61 Å². The minimum Gasteiger partial charge on any atom is -0.508 e.